The molecule has 7 nitrogen and oxygen atoms in total. The van der Waals surface area contributed by atoms with E-state index >= 15 is 0 Å². The average Bonchev–Trinajstić information content (AvgIpc) is 3.09. The summed E-state index contributed by atoms with van der Waals surface area (Å²) < 4.78 is 17.1. The highest BCUT2D eigenvalue weighted by molar-refractivity contribution is 6.29. The summed E-state index contributed by atoms with van der Waals surface area (Å²) in [5.74, 6) is 0.120. The SMILES string of the molecule is COc1cc(Cl)ncc1NC(=O)C1(c2ccccc2C(C)C)CN(C[C@@H]2COC(C)(C)O2)C1. The van der Waals surface area contributed by atoms with Crippen molar-refractivity contribution in [3.8, 4) is 5.75 Å². The largest absolute Gasteiger partial charge is 0.494 e. The number of pyridine rings is 1. The van der Waals surface area contributed by atoms with Crippen LogP contribution in [0.25, 0.3) is 0 Å². The molecular formula is C25H32ClN3O4. The van der Waals surface area contributed by atoms with E-state index in [1.54, 1.807) is 13.2 Å². The standard InChI is InChI=1S/C25H32ClN3O4/c1-16(2)18-8-6-7-9-19(18)25(14-29(15-25)12-17-13-32-24(3,4)33-17)23(30)28-20-11-27-22(26)10-21(20)31-5/h6-11,16-17H,12-15H2,1-5H3,(H,28,30)/t17-/m1/s1. The second kappa shape index (κ2) is 9.22. The van der Waals surface area contributed by atoms with Gasteiger partial charge in [-0.25, -0.2) is 4.98 Å². The molecule has 8 heteroatoms. The Balaban J connectivity index is 1.60. The van der Waals surface area contributed by atoms with Crippen molar-refractivity contribution in [2.24, 2.45) is 0 Å². The molecular weight excluding hydrogens is 442 g/mol. The molecule has 0 spiro atoms. The molecule has 2 aliphatic rings. The van der Waals surface area contributed by atoms with Gasteiger partial charge in [0, 0.05) is 25.7 Å². The third-order valence-electron chi connectivity index (χ3n) is 6.35. The Kier molecular flexibility index (Phi) is 6.69. The number of halogens is 1. The lowest BCUT2D eigenvalue weighted by molar-refractivity contribution is -0.145. The van der Waals surface area contributed by atoms with E-state index in [1.807, 2.05) is 26.0 Å². The van der Waals surface area contributed by atoms with Crippen molar-refractivity contribution in [1.29, 1.82) is 0 Å². The zero-order chi connectivity index (χ0) is 23.8. The Morgan fingerprint density at radius 1 is 1.33 bits per heavy atom. The number of carbonyl (C=O) groups is 1. The van der Waals surface area contributed by atoms with E-state index in [9.17, 15) is 4.79 Å². The maximum atomic E-state index is 13.8. The molecule has 2 aromatic rings. The molecule has 33 heavy (non-hydrogen) atoms. The molecule has 1 atom stereocenters. The molecule has 2 saturated heterocycles. The summed E-state index contributed by atoms with van der Waals surface area (Å²) in [5.41, 5.74) is 2.04. The highest BCUT2D eigenvalue weighted by Gasteiger charge is 2.52. The van der Waals surface area contributed by atoms with E-state index in [0.717, 1.165) is 5.56 Å². The van der Waals surface area contributed by atoms with E-state index in [4.69, 9.17) is 25.8 Å². The van der Waals surface area contributed by atoms with Crippen LogP contribution in [0.3, 0.4) is 0 Å². The summed E-state index contributed by atoms with van der Waals surface area (Å²) >= 11 is 6.00. The fraction of sp³-hybridized carbons (Fsp3) is 0.520. The van der Waals surface area contributed by atoms with Gasteiger partial charge in [-0.1, -0.05) is 49.7 Å². The number of methoxy groups -OCH3 is 1. The Hall–Kier alpha value is -2.19. The first-order valence-corrected chi connectivity index (χ1v) is 11.7. The van der Waals surface area contributed by atoms with E-state index in [-0.39, 0.29) is 12.0 Å². The minimum absolute atomic E-state index is 0.0121. The molecule has 1 aromatic carbocycles. The van der Waals surface area contributed by atoms with Crippen molar-refractivity contribution in [3.05, 3.63) is 52.8 Å². The maximum absolute atomic E-state index is 13.8. The molecule has 0 saturated carbocycles. The van der Waals surface area contributed by atoms with Crippen LogP contribution in [0.4, 0.5) is 5.69 Å². The molecule has 2 fully saturated rings. The van der Waals surface area contributed by atoms with Crippen molar-refractivity contribution in [2.75, 3.05) is 38.7 Å². The summed E-state index contributed by atoms with van der Waals surface area (Å²) in [6.07, 6.45) is 1.52. The van der Waals surface area contributed by atoms with Gasteiger partial charge in [0.15, 0.2) is 5.79 Å². The lowest BCUT2D eigenvalue weighted by Gasteiger charge is -2.50. The van der Waals surface area contributed by atoms with Crippen LogP contribution in [-0.4, -0.2) is 61.0 Å². The van der Waals surface area contributed by atoms with Crippen molar-refractivity contribution < 1.29 is 19.0 Å². The van der Waals surface area contributed by atoms with Gasteiger partial charge in [0.25, 0.3) is 0 Å². The number of hydrogen-bond donors (Lipinski definition) is 1. The highest BCUT2D eigenvalue weighted by Crippen LogP contribution is 2.41. The molecule has 0 bridgehead atoms. The maximum Gasteiger partial charge on any atom is 0.237 e. The van der Waals surface area contributed by atoms with E-state index < -0.39 is 11.2 Å². The Labute approximate surface area is 200 Å². The first kappa shape index (κ1) is 24.0. The second-order valence-corrected chi connectivity index (χ2v) is 9.99. The van der Waals surface area contributed by atoms with Crippen LogP contribution in [0.15, 0.2) is 36.5 Å². The predicted molar refractivity (Wildman–Crippen MR) is 128 cm³/mol. The number of nitrogens with one attached hydrogen (secondary N) is 1. The van der Waals surface area contributed by atoms with Gasteiger partial charge < -0.3 is 19.5 Å². The first-order valence-electron chi connectivity index (χ1n) is 11.3. The highest BCUT2D eigenvalue weighted by atomic mass is 35.5. The van der Waals surface area contributed by atoms with Gasteiger partial charge in [-0.3, -0.25) is 9.69 Å². The van der Waals surface area contributed by atoms with Gasteiger partial charge in [-0.2, -0.15) is 0 Å². The van der Waals surface area contributed by atoms with Crippen LogP contribution in [0.2, 0.25) is 5.15 Å². The molecule has 2 aliphatic heterocycles. The molecule has 0 unspecified atom stereocenters. The Morgan fingerprint density at radius 2 is 2.06 bits per heavy atom. The third kappa shape index (κ3) is 4.87. The number of anilines is 1. The van der Waals surface area contributed by atoms with Gasteiger partial charge >= 0.3 is 0 Å². The smallest absolute Gasteiger partial charge is 0.237 e. The summed E-state index contributed by atoms with van der Waals surface area (Å²) in [5, 5.41) is 3.36. The van der Waals surface area contributed by atoms with Crippen LogP contribution >= 0.6 is 11.6 Å². The summed E-state index contributed by atoms with van der Waals surface area (Å²) in [6, 6.07) is 9.80. The molecule has 1 aromatic heterocycles. The molecule has 0 radical (unpaired) electrons. The number of ether oxygens (including phenoxy) is 3. The van der Waals surface area contributed by atoms with E-state index in [0.29, 0.717) is 48.7 Å². The van der Waals surface area contributed by atoms with E-state index in [2.05, 4.69) is 41.2 Å². The molecule has 4 rings (SSSR count). The number of amides is 1. The second-order valence-electron chi connectivity index (χ2n) is 9.61. The van der Waals surface area contributed by atoms with E-state index in [1.165, 1.54) is 11.8 Å². The predicted octanol–water partition coefficient (Wildman–Crippen LogP) is 4.21. The molecule has 0 aliphatic carbocycles. The minimum Gasteiger partial charge on any atom is -0.494 e. The summed E-state index contributed by atoms with van der Waals surface area (Å²) in [7, 11) is 1.54. The number of likely N-dealkylation sites (tertiary alicyclic amines) is 1. The van der Waals surface area contributed by atoms with Gasteiger partial charge in [0.2, 0.25) is 5.91 Å². The summed E-state index contributed by atoms with van der Waals surface area (Å²) in [6.45, 7) is 10.6. The fourth-order valence-electron chi connectivity index (χ4n) is 4.78. The Morgan fingerprint density at radius 3 is 2.70 bits per heavy atom. The fourth-order valence-corrected chi connectivity index (χ4v) is 4.93. The average molecular weight is 474 g/mol. The third-order valence-corrected chi connectivity index (χ3v) is 6.56. The van der Waals surface area contributed by atoms with Crippen LogP contribution in [0.5, 0.6) is 5.75 Å². The zero-order valence-corrected chi connectivity index (χ0v) is 20.6. The van der Waals surface area contributed by atoms with Crippen molar-refractivity contribution in [2.45, 2.75) is 50.9 Å². The first-order chi connectivity index (χ1) is 15.6. The van der Waals surface area contributed by atoms with Gasteiger partial charge in [0.05, 0.1) is 31.4 Å². The van der Waals surface area contributed by atoms with Gasteiger partial charge in [0.1, 0.15) is 16.6 Å². The quantitative estimate of drug-likeness (QED) is 0.607. The van der Waals surface area contributed by atoms with Crippen molar-refractivity contribution >= 4 is 23.2 Å². The van der Waals surface area contributed by atoms with Crippen LogP contribution in [-0.2, 0) is 19.7 Å². The number of hydrogen-bond acceptors (Lipinski definition) is 6. The number of nitrogens with zero attached hydrogens (tertiary/aromatic N) is 2. The number of benzene rings is 1. The van der Waals surface area contributed by atoms with Crippen molar-refractivity contribution in [3.63, 3.8) is 0 Å². The monoisotopic (exact) mass is 473 g/mol. The van der Waals surface area contributed by atoms with Crippen LogP contribution in [0.1, 0.15) is 44.7 Å². The van der Waals surface area contributed by atoms with Crippen LogP contribution in [0, 0.1) is 0 Å². The number of rotatable bonds is 7. The zero-order valence-electron chi connectivity index (χ0n) is 19.9. The van der Waals surface area contributed by atoms with Crippen molar-refractivity contribution in [1.82, 2.24) is 9.88 Å². The molecule has 3 heterocycles. The lowest BCUT2D eigenvalue weighted by Crippen LogP contribution is -2.66. The molecule has 178 valence electrons. The Bertz CT molecular complexity index is 1020. The minimum atomic E-state index is -0.694. The topological polar surface area (TPSA) is 72.9 Å². The van der Waals surface area contributed by atoms with Crippen LogP contribution < -0.4 is 10.1 Å². The number of aromatic nitrogens is 1. The lowest BCUT2D eigenvalue weighted by atomic mass is 9.69. The summed E-state index contributed by atoms with van der Waals surface area (Å²) in [4.78, 5) is 20.2. The van der Waals surface area contributed by atoms with Gasteiger partial charge in [-0.15, -0.1) is 0 Å². The molecule has 1 amide bonds. The normalized spacial score (nSPS) is 21.6. The number of carbonyl (C=O) groups excluding carboxylic acids is 1. The van der Waals surface area contributed by atoms with Gasteiger partial charge in [-0.05, 0) is 30.9 Å². The molecule has 1 N–H and O–H groups in total.